The first-order chi connectivity index (χ1) is 11.4. The molecule has 1 N–H and O–H groups in total. The van der Waals surface area contributed by atoms with Crippen LogP contribution in [0.4, 0.5) is 0 Å². The highest BCUT2D eigenvalue weighted by Gasteiger charge is 2.29. The second-order valence-electron chi connectivity index (χ2n) is 5.91. The molecule has 0 saturated carbocycles. The molecule has 0 bridgehead atoms. The first-order valence-electron chi connectivity index (χ1n) is 7.82. The highest BCUT2D eigenvalue weighted by atomic mass is 32.2. The molecule has 2 amide bonds. The summed E-state index contributed by atoms with van der Waals surface area (Å²) in [4.78, 5) is 39.8. The molecule has 0 unspecified atom stereocenters. The Balaban J connectivity index is 1.94. The molecule has 0 spiro atoms. The Labute approximate surface area is 145 Å². The van der Waals surface area contributed by atoms with E-state index in [1.807, 2.05) is 18.4 Å². The van der Waals surface area contributed by atoms with Gasteiger partial charge in [-0.1, -0.05) is 0 Å². The van der Waals surface area contributed by atoms with Gasteiger partial charge in [0.15, 0.2) is 0 Å². The smallest absolute Gasteiger partial charge is 0.308 e. The van der Waals surface area contributed by atoms with E-state index in [1.54, 1.807) is 35.8 Å². The van der Waals surface area contributed by atoms with Crippen LogP contribution in [0.3, 0.4) is 0 Å². The molecule has 0 aromatic heterocycles. The van der Waals surface area contributed by atoms with E-state index >= 15 is 0 Å². The van der Waals surface area contributed by atoms with E-state index in [0.29, 0.717) is 24.9 Å². The van der Waals surface area contributed by atoms with Crippen LogP contribution in [0.1, 0.15) is 23.2 Å². The SMILES string of the molecule is CSc1ccc(C(=O)N(C)CC(=O)N2CCC[C@@H](C(=O)O)C2)cc1. The van der Waals surface area contributed by atoms with Crippen molar-refractivity contribution in [1.29, 1.82) is 0 Å². The number of aliphatic carboxylic acids is 1. The summed E-state index contributed by atoms with van der Waals surface area (Å²) in [7, 11) is 1.58. The fraction of sp³-hybridized carbons (Fsp3) is 0.471. The number of likely N-dealkylation sites (tertiary alicyclic amines) is 1. The number of carbonyl (C=O) groups excluding carboxylic acids is 2. The molecule has 1 atom stereocenters. The van der Waals surface area contributed by atoms with Crippen LogP contribution in [0.25, 0.3) is 0 Å². The minimum atomic E-state index is -0.870. The number of nitrogens with zero attached hydrogens (tertiary/aromatic N) is 2. The van der Waals surface area contributed by atoms with Crippen molar-refractivity contribution in [3.63, 3.8) is 0 Å². The van der Waals surface area contributed by atoms with Crippen molar-refractivity contribution >= 4 is 29.5 Å². The van der Waals surface area contributed by atoms with Crippen LogP contribution in [-0.4, -0.2) is 65.6 Å². The zero-order valence-corrected chi connectivity index (χ0v) is 14.7. The lowest BCUT2D eigenvalue weighted by Gasteiger charge is -2.32. The maximum atomic E-state index is 12.4. The van der Waals surface area contributed by atoms with E-state index in [2.05, 4.69) is 0 Å². The van der Waals surface area contributed by atoms with Crippen molar-refractivity contribution in [2.45, 2.75) is 17.7 Å². The lowest BCUT2D eigenvalue weighted by atomic mass is 9.98. The number of amides is 2. The van der Waals surface area contributed by atoms with Gasteiger partial charge in [0, 0.05) is 30.6 Å². The van der Waals surface area contributed by atoms with Crippen molar-refractivity contribution < 1.29 is 19.5 Å². The Morgan fingerprint density at radius 1 is 1.29 bits per heavy atom. The third-order valence-electron chi connectivity index (χ3n) is 4.18. The van der Waals surface area contributed by atoms with E-state index < -0.39 is 11.9 Å². The number of carboxylic acid groups (broad SMARTS) is 1. The highest BCUT2D eigenvalue weighted by Crippen LogP contribution is 2.18. The molecule has 1 aliphatic rings. The van der Waals surface area contributed by atoms with Crippen LogP contribution in [0, 0.1) is 5.92 Å². The standard InChI is InChI=1S/C17H22N2O4S/c1-18(16(21)12-5-7-14(24-2)8-6-12)11-15(20)19-9-3-4-13(10-19)17(22)23/h5-8,13H,3-4,9-11H2,1-2H3,(H,22,23)/t13-/m1/s1. The van der Waals surface area contributed by atoms with Gasteiger partial charge in [0.1, 0.15) is 0 Å². The largest absolute Gasteiger partial charge is 0.481 e. The molecular weight excluding hydrogens is 328 g/mol. The topological polar surface area (TPSA) is 77.9 Å². The van der Waals surface area contributed by atoms with Gasteiger partial charge in [-0.3, -0.25) is 14.4 Å². The van der Waals surface area contributed by atoms with Crippen molar-refractivity contribution in [2.75, 3.05) is 32.9 Å². The van der Waals surface area contributed by atoms with Crippen molar-refractivity contribution in [3.8, 4) is 0 Å². The molecule has 1 fully saturated rings. The summed E-state index contributed by atoms with van der Waals surface area (Å²) in [6.07, 6.45) is 3.23. The number of hydrogen-bond acceptors (Lipinski definition) is 4. The highest BCUT2D eigenvalue weighted by molar-refractivity contribution is 7.98. The molecule has 0 radical (unpaired) electrons. The summed E-state index contributed by atoms with van der Waals surface area (Å²) in [5, 5.41) is 9.10. The van der Waals surface area contributed by atoms with Crippen LogP contribution in [0.5, 0.6) is 0 Å². The van der Waals surface area contributed by atoms with Crippen LogP contribution < -0.4 is 0 Å². The molecule has 2 rings (SSSR count). The van der Waals surface area contributed by atoms with E-state index in [9.17, 15) is 14.4 Å². The second kappa shape index (κ2) is 8.19. The Hall–Kier alpha value is -2.02. The van der Waals surface area contributed by atoms with Gasteiger partial charge in [0.05, 0.1) is 12.5 Å². The van der Waals surface area contributed by atoms with Gasteiger partial charge >= 0.3 is 5.97 Å². The molecular formula is C17H22N2O4S. The summed E-state index contributed by atoms with van der Waals surface area (Å²) in [6.45, 7) is 0.723. The number of carboxylic acids is 1. The summed E-state index contributed by atoms with van der Waals surface area (Å²) >= 11 is 1.60. The molecule has 7 heteroatoms. The molecule has 0 aliphatic carbocycles. The van der Waals surface area contributed by atoms with Crippen molar-refractivity contribution in [3.05, 3.63) is 29.8 Å². The molecule has 6 nitrogen and oxygen atoms in total. The minimum absolute atomic E-state index is 0.0462. The Bertz CT molecular complexity index is 618. The van der Waals surface area contributed by atoms with Crippen LogP contribution in [0.15, 0.2) is 29.2 Å². The molecule has 1 aromatic rings. The number of benzene rings is 1. The molecule has 1 aliphatic heterocycles. The lowest BCUT2D eigenvalue weighted by Crippen LogP contribution is -2.46. The third kappa shape index (κ3) is 4.50. The first kappa shape index (κ1) is 18.3. The number of likely N-dealkylation sites (N-methyl/N-ethyl adjacent to an activating group) is 1. The lowest BCUT2D eigenvalue weighted by molar-refractivity contribution is -0.145. The summed E-state index contributed by atoms with van der Waals surface area (Å²) in [5.74, 6) is -1.81. The van der Waals surface area contributed by atoms with Crippen LogP contribution in [0.2, 0.25) is 0 Å². The predicted octanol–water partition coefficient (Wildman–Crippen LogP) is 1.80. The second-order valence-corrected chi connectivity index (χ2v) is 6.79. The number of hydrogen-bond donors (Lipinski definition) is 1. The number of carbonyl (C=O) groups is 3. The number of thioether (sulfide) groups is 1. The summed E-state index contributed by atoms with van der Waals surface area (Å²) < 4.78 is 0. The third-order valence-corrected chi connectivity index (χ3v) is 4.92. The maximum Gasteiger partial charge on any atom is 0.308 e. The predicted molar refractivity (Wildman–Crippen MR) is 92.1 cm³/mol. The Morgan fingerprint density at radius 3 is 2.54 bits per heavy atom. The van der Waals surface area contributed by atoms with Gasteiger partial charge < -0.3 is 14.9 Å². The van der Waals surface area contributed by atoms with Gasteiger partial charge in [-0.15, -0.1) is 11.8 Å². The van der Waals surface area contributed by atoms with E-state index in [1.165, 1.54) is 4.90 Å². The molecule has 24 heavy (non-hydrogen) atoms. The van der Waals surface area contributed by atoms with Gasteiger partial charge in [0.25, 0.3) is 5.91 Å². The van der Waals surface area contributed by atoms with E-state index in [0.717, 1.165) is 4.90 Å². The average Bonchev–Trinajstić information content (AvgIpc) is 2.61. The molecule has 1 heterocycles. The Morgan fingerprint density at radius 2 is 1.96 bits per heavy atom. The van der Waals surface area contributed by atoms with E-state index in [-0.39, 0.29) is 24.9 Å². The zero-order chi connectivity index (χ0) is 17.7. The average molecular weight is 350 g/mol. The fourth-order valence-corrected chi connectivity index (χ4v) is 3.14. The van der Waals surface area contributed by atoms with Gasteiger partial charge in [-0.25, -0.2) is 0 Å². The fourth-order valence-electron chi connectivity index (χ4n) is 2.73. The number of piperidine rings is 1. The molecule has 1 aromatic carbocycles. The maximum absolute atomic E-state index is 12.4. The summed E-state index contributed by atoms with van der Waals surface area (Å²) in [6, 6.07) is 7.23. The normalized spacial score (nSPS) is 17.4. The summed E-state index contributed by atoms with van der Waals surface area (Å²) in [5.41, 5.74) is 0.533. The monoisotopic (exact) mass is 350 g/mol. The first-order valence-corrected chi connectivity index (χ1v) is 9.05. The zero-order valence-electron chi connectivity index (χ0n) is 13.9. The van der Waals surface area contributed by atoms with Crippen LogP contribution in [-0.2, 0) is 9.59 Å². The Kier molecular flexibility index (Phi) is 6.25. The van der Waals surface area contributed by atoms with Gasteiger partial charge in [-0.05, 0) is 43.4 Å². The molecule has 130 valence electrons. The minimum Gasteiger partial charge on any atom is -0.481 e. The van der Waals surface area contributed by atoms with Crippen molar-refractivity contribution in [1.82, 2.24) is 9.80 Å². The molecule has 1 saturated heterocycles. The number of rotatable bonds is 5. The van der Waals surface area contributed by atoms with Gasteiger partial charge in [-0.2, -0.15) is 0 Å². The van der Waals surface area contributed by atoms with Crippen LogP contribution >= 0.6 is 11.8 Å². The van der Waals surface area contributed by atoms with Crippen molar-refractivity contribution in [2.24, 2.45) is 5.92 Å². The van der Waals surface area contributed by atoms with Gasteiger partial charge in [0.2, 0.25) is 5.91 Å². The quantitative estimate of drug-likeness (QED) is 0.820. The van der Waals surface area contributed by atoms with E-state index in [4.69, 9.17) is 5.11 Å².